The van der Waals surface area contributed by atoms with Crippen LogP contribution in [0.3, 0.4) is 0 Å². The number of amides is 1. The summed E-state index contributed by atoms with van der Waals surface area (Å²) in [5, 5.41) is 22.4. The van der Waals surface area contributed by atoms with E-state index in [0.29, 0.717) is 0 Å². The molecule has 21 heavy (non-hydrogen) atoms. The number of aromatic carboxylic acids is 1. The summed E-state index contributed by atoms with van der Waals surface area (Å²) in [6.07, 6.45) is 1.21. The second kappa shape index (κ2) is 5.37. The van der Waals surface area contributed by atoms with Gasteiger partial charge in [-0.2, -0.15) is 0 Å². The van der Waals surface area contributed by atoms with Crippen molar-refractivity contribution < 1.29 is 19.6 Å². The molecular weight excluding hydrogens is 298 g/mol. The van der Waals surface area contributed by atoms with Crippen LogP contribution in [0, 0.1) is 17.0 Å². The Bertz CT molecular complexity index is 746. The van der Waals surface area contributed by atoms with Crippen LogP contribution < -0.4 is 5.32 Å². The predicted octanol–water partition coefficient (Wildman–Crippen LogP) is 2.25. The molecule has 0 fully saturated rings. The van der Waals surface area contributed by atoms with Gasteiger partial charge in [-0.25, -0.2) is 4.79 Å². The summed E-state index contributed by atoms with van der Waals surface area (Å²) in [6, 6.07) is 2.59. The minimum Gasteiger partial charge on any atom is -0.478 e. The standard InChI is InChI=1S/C12H11N3O5S/c1-6-3-8(12(17)18)11(21-6)13-10(16)9-4-7(15(19)20)5-14(9)2/h3-5H,1-2H3,(H,13,16)(H,17,18). The van der Waals surface area contributed by atoms with Gasteiger partial charge in [0.1, 0.15) is 10.7 Å². The molecule has 0 aliphatic carbocycles. The zero-order chi connectivity index (χ0) is 15.7. The van der Waals surface area contributed by atoms with Gasteiger partial charge in [-0.1, -0.05) is 0 Å². The number of nitro groups is 1. The molecule has 2 rings (SSSR count). The number of carbonyl (C=O) groups excluding carboxylic acids is 1. The van der Waals surface area contributed by atoms with Gasteiger partial charge in [0.05, 0.1) is 16.7 Å². The molecule has 0 saturated heterocycles. The lowest BCUT2D eigenvalue weighted by Gasteiger charge is -2.04. The first-order valence-corrected chi connectivity index (χ1v) is 6.57. The molecule has 0 radical (unpaired) electrons. The summed E-state index contributed by atoms with van der Waals surface area (Å²) in [5.74, 6) is -1.75. The Morgan fingerprint density at radius 3 is 2.62 bits per heavy atom. The maximum Gasteiger partial charge on any atom is 0.338 e. The summed E-state index contributed by atoms with van der Waals surface area (Å²) >= 11 is 1.13. The van der Waals surface area contributed by atoms with Crippen LogP contribution in [0.5, 0.6) is 0 Å². The van der Waals surface area contributed by atoms with Crippen molar-refractivity contribution >= 4 is 33.9 Å². The van der Waals surface area contributed by atoms with Crippen LogP contribution in [0.1, 0.15) is 25.7 Å². The van der Waals surface area contributed by atoms with Crippen molar-refractivity contribution in [2.45, 2.75) is 6.92 Å². The molecule has 9 heteroatoms. The van der Waals surface area contributed by atoms with Gasteiger partial charge >= 0.3 is 5.97 Å². The average Bonchev–Trinajstić information content (AvgIpc) is 2.92. The van der Waals surface area contributed by atoms with Crippen molar-refractivity contribution in [3.8, 4) is 0 Å². The summed E-state index contributed by atoms with van der Waals surface area (Å²) in [5.41, 5.74) is -0.137. The van der Waals surface area contributed by atoms with Crippen LogP contribution in [0.4, 0.5) is 10.7 Å². The number of carbonyl (C=O) groups is 2. The molecule has 0 bridgehead atoms. The van der Waals surface area contributed by atoms with Gasteiger partial charge in [0, 0.05) is 18.0 Å². The topological polar surface area (TPSA) is 114 Å². The lowest BCUT2D eigenvalue weighted by atomic mass is 10.3. The first-order chi connectivity index (χ1) is 9.79. The minimum atomic E-state index is -1.15. The van der Waals surface area contributed by atoms with Gasteiger partial charge in [-0.3, -0.25) is 14.9 Å². The van der Waals surface area contributed by atoms with Crippen LogP contribution in [0.25, 0.3) is 0 Å². The van der Waals surface area contributed by atoms with E-state index in [4.69, 9.17) is 5.11 Å². The normalized spacial score (nSPS) is 10.4. The van der Waals surface area contributed by atoms with Crippen molar-refractivity contribution in [3.63, 3.8) is 0 Å². The molecular formula is C12H11N3O5S. The molecule has 2 aromatic rings. The minimum absolute atomic E-state index is 0.00504. The summed E-state index contributed by atoms with van der Waals surface area (Å²) in [7, 11) is 1.50. The SMILES string of the molecule is Cc1cc(C(=O)O)c(NC(=O)c2cc([N+](=O)[O-])cn2C)s1. The van der Waals surface area contributed by atoms with E-state index in [1.165, 1.54) is 23.9 Å². The fourth-order valence-electron chi connectivity index (χ4n) is 1.81. The molecule has 0 aliphatic rings. The van der Waals surface area contributed by atoms with E-state index in [9.17, 15) is 19.7 Å². The first-order valence-electron chi connectivity index (χ1n) is 5.75. The van der Waals surface area contributed by atoms with E-state index in [-0.39, 0.29) is 21.9 Å². The first kappa shape index (κ1) is 14.7. The largest absolute Gasteiger partial charge is 0.478 e. The van der Waals surface area contributed by atoms with Gasteiger partial charge in [0.25, 0.3) is 11.6 Å². The van der Waals surface area contributed by atoms with E-state index in [2.05, 4.69) is 5.32 Å². The monoisotopic (exact) mass is 309 g/mol. The highest BCUT2D eigenvalue weighted by molar-refractivity contribution is 7.16. The molecule has 0 unspecified atom stereocenters. The number of aryl methyl sites for hydroxylation is 2. The van der Waals surface area contributed by atoms with Crippen LogP contribution in [0.2, 0.25) is 0 Å². The molecule has 0 aromatic carbocycles. The third kappa shape index (κ3) is 2.92. The number of hydrogen-bond donors (Lipinski definition) is 2. The fraction of sp³-hybridized carbons (Fsp3) is 0.167. The molecule has 2 heterocycles. The highest BCUT2D eigenvalue weighted by atomic mass is 32.1. The quantitative estimate of drug-likeness (QED) is 0.664. The number of aromatic nitrogens is 1. The molecule has 2 aromatic heterocycles. The Hall–Kier alpha value is -2.68. The summed E-state index contributed by atoms with van der Waals surface area (Å²) in [4.78, 5) is 34.0. The number of thiophene rings is 1. The Balaban J connectivity index is 2.30. The molecule has 8 nitrogen and oxygen atoms in total. The lowest BCUT2D eigenvalue weighted by Crippen LogP contribution is -2.16. The number of hydrogen-bond acceptors (Lipinski definition) is 5. The van der Waals surface area contributed by atoms with Crippen molar-refractivity contribution in [1.29, 1.82) is 0 Å². The second-order valence-corrected chi connectivity index (χ2v) is 5.57. The number of anilines is 1. The van der Waals surface area contributed by atoms with E-state index in [1.807, 2.05) is 0 Å². The Kier molecular flexibility index (Phi) is 3.76. The number of rotatable bonds is 4. The highest BCUT2D eigenvalue weighted by Crippen LogP contribution is 2.28. The Labute approximate surface area is 122 Å². The van der Waals surface area contributed by atoms with Gasteiger partial charge in [0.15, 0.2) is 0 Å². The fourth-order valence-corrected chi connectivity index (χ4v) is 2.70. The summed E-state index contributed by atoms with van der Waals surface area (Å²) < 4.78 is 1.31. The zero-order valence-electron chi connectivity index (χ0n) is 11.1. The molecule has 0 atom stereocenters. The van der Waals surface area contributed by atoms with Crippen LogP contribution in [0.15, 0.2) is 18.3 Å². The molecule has 0 spiro atoms. The lowest BCUT2D eigenvalue weighted by molar-refractivity contribution is -0.384. The maximum absolute atomic E-state index is 12.1. The third-order valence-electron chi connectivity index (χ3n) is 2.75. The van der Waals surface area contributed by atoms with Crippen molar-refractivity contribution in [1.82, 2.24) is 4.57 Å². The van der Waals surface area contributed by atoms with Gasteiger partial charge in [-0.05, 0) is 13.0 Å². The van der Waals surface area contributed by atoms with Gasteiger partial charge in [0.2, 0.25) is 0 Å². The zero-order valence-corrected chi connectivity index (χ0v) is 11.9. The van der Waals surface area contributed by atoms with Crippen molar-refractivity contribution in [2.75, 3.05) is 5.32 Å². The molecule has 0 aliphatic heterocycles. The number of carboxylic acid groups (broad SMARTS) is 1. The molecule has 110 valence electrons. The number of carboxylic acids is 1. The summed E-state index contributed by atoms with van der Waals surface area (Å²) in [6.45, 7) is 1.72. The molecule has 1 amide bonds. The predicted molar refractivity (Wildman–Crippen MR) is 76.0 cm³/mol. The number of nitrogens with zero attached hydrogens (tertiary/aromatic N) is 2. The Morgan fingerprint density at radius 1 is 1.43 bits per heavy atom. The van der Waals surface area contributed by atoms with Gasteiger partial charge in [-0.15, -0.1) is 11.3 Å². The smallest absolute Gasteiger partial charge is 0.338 e. The van der Waals surface area contributed by atoms with Gasteiger partial charge < -0.3 is 15.0 Å². The van der Waals surface area contributed by atoms with E-state index < -0.39 is 16.8 Å². The van der Waals surface area contributed by atoms with Crippen LogP contribution >= 0.6 is 11.3 Å². The van der Waals surface area contributed by atoms with Crippen molar-refractivity contribution in [3.05, 3.63) is 44.6 Å². The highest BCUT2D eigenvalue weighted by Gasteiger charge is 2.21. The maximum atomic E-state index is 12.1. The Morgan fingerprint density at radius 2 is 2.10 bits per heavy atom. The molecule has 0 saturated carbocycles. The van der Waals surface area contributed by atoms with Crippen LogP contribution in [-0.4, -0.2) is 26.5 Å². The van der Waals surface area contributed by atoms with E-state index in [0.717, 1.165) is 22.3 Å². The third-order valence-corrected chi connectivity index (χ3v) is 3.71. The average molecular weight is 309 g/mol. The van der Waals surface area contributed by atoms with Crippen LogP contribution in [-0.2, 0) is 7.05 Å². The second-order valence-electron chi connectivity index (χ2n) is 4.31. The number of nitrogens with one attached hydrogen (secondary N) is 1. The molecule has 2 N–H and O–H groups in total. The van der Waals surface area contributed by atoms with Crippen molar-refractivity contribution in [2.24, 2.45) is 7.05 Å². The van der Waals surface area contributed by atoms with E-state index >= 15 is 0 Å². The van der Waals surface area contributed by atoms with E-state index in [1.54, 1.807) is 6.92 Å².